The molecule has 0 saturated carbocycles. The summed E-state index contributed by atoms with van der Waals surface area (Å²) in [6, 6.07) is -0.963. The van der Waals surface area contributed by atoms with Crippen LogP contribution in [0.15, 0.2) is 97.2 Å². The van der Waals surface area contributed by atoms with Gasteiger partial charge in [-0.1, -0.05) is 207 Å². The molecule has 0 radical (unpaired) electrons. The number of hydrogen-bond acceptors (Lipinski definition) is 13. The maximum absolute atomic E-state index is 13.2. The third kappa shape index (κ3) is 33.6. The standard InChI is InChI=1S/C64H109NO13/c1-3-5-7-9-11-13-15-17-19-21-23-24-25-26-27-28-30-31-33-35-37-39-41-43-45-47-53(68)52(65-56(69)48-46-44-42-40-38-36-34-32-29-22-20-18-16-14-12-10-8-6-4-2)51-75-63-61(74)59(72)62(55(50-67)77-63)78-64-60(73)58(71)57(70)54(49-66)76-64/h6,8,12,14,18,20,29-32,36-39,45,47,52-55,57-64,66-68,70-74H,3-5,7,9-11,13,15-17,19,21-28,33-35,40-44,46,48-51H2,1-2H3,(H,65,69)/b8-6-,14-12-,20-18-,31-30+,32-29-,38-36-,39-37+,47-45+. The van der Waals surface area contributed by atoms with Crippen LogP contribution in [0.3, 0.4) is 0 Å². The van der Waals surface area contributed by atoms with E-state index in [4.69, 9.17) is 18.9 Å². The van der Waals surface area contributed by atoms with E-state index in [0.29, 0.717) is 12.8 Å². The molecule has 0 aliphatic carbocycles. The summed E-state index contributed by atoms with van der Waals surface area (Å²) in [4.78, 5) is 13.2. The molecule has 14 nitrogen and oxygen atoms in total. The number of amides is 1. The summed E-state index contributed by atoms with van der Waals surface area (Å²) in [5.74, 6) is -0.288. The molecule has 12 atom stereocenters. The average Bonchev–Trinajstić information content (AvgIpc) is 3.48. The molecular formula is C64H109NO13. The molecule has 0 spiro atoms. The summed E-state index contributed by atoms with van der Waals surface area (Å²) in [5, 5.41) is 87.1. The minimum Gasteiger partial charge on any atom is -0.394 e. The molecule has 2 rings (SSSR count). The molecule has 12 unspecified atom stereocenters. The number of aliphatic hydroxyl groups excluding tert-OH is 8. The molecule has 1 amide bonds. The Kier molecular flexibility index (Phi) is 44.3. The summed E-state index contributed by atoms with van der Waals surface area (Å²) >= 11 is 0. The lowest BCUT2D eigenvalue weighted by Gasteiger charge is -2.46. The number of nitrogens with one attached hydrogen (secondary N) is 1. The van der Waals surface area contributed by atoms with Gasteiger partial charge in [-0.25, -0.2) is 0 Å². The van der Waals surface area contributed by atoms with Crippen LogP contribution in [0.4, 0.5) is 0 Å². The average molecular weight is 1100 g/mol. The molecule has 2 saturated heterocycles. The van der Waals surface area contributed by atoms with E-state index in [1.807, 2.05) is 6.08 Å². The smallest absolute Gasteiger partial charge is 0.220 e. The van der Waals surface area contributed by atoms with Crippen LogP contribution in [0.2, 0.25) is 0 Å². The number of carbonyl (C=O) groups excluding carboxylic acids is 1. The molecule has 0 bridgehead atoms. The van der Waals surface area contributed by atoms with Crippen LogP contribution in [-0.4, -0.2) is 140 Å². The van der Waals surface area contributed by atoms with Crippen LogP contribution in [0.1, 0.15) is 206 Å². The molecule has 2 heterocycles. The normalized spacial score (nSPS) is 25.3. The Morgan fingerprint density at radius 3 is 1.41 bits per heavy atom. The predicted octanol–water partition coefficient (Wildman–Crippen LogP) is 10.7. The van der Waals surface area contributed by atoms with Gasteiger partial charge in [0.05, 0.1) is 32.0 Å². The van der Waals surface area contributed by atoms with Gasteiger partial charge in [0.25, 0.3) is 0 Å². The quantitative estimate of drug-likeness (QED) is 0.0204. The SMILES string of the molecule is CC/C=C\C/C=C\C/C=C\C/C=C\C/C=C\CCCCCC(=O)NC(COC1OC(CO)C(OC2OC(CO)C(O)C(O)C2O)C(O)C1O)C(O)/C=C/CC/C=C/CC/C=C/CCCCCCCCCCCCCCCCC. The highest BCUT2D eigenvalue weighted by Crippen LogP contribution is 2.30. The minimum atomic E-state index is -1.80. The van der Waals surface area contributed by atoms with Gasteiger partial charge in [0.2, 0.25) is 5.91 Å². The lowest BCUT2D eigenvalue weighted by Crippen LogP contribution is -2.65. The van der Waals surface area contributed by atoms with Gasteiger partial charge in [-0.15, -0.1) is 0 Å². The fourth-order valence-corrected chi connectivity index (χ4v) is 9.35. The van der Waals surface area contributed by atoms with E-state index in [-0.39, 0.29) is 18.9 Å². The van der Waals surface area contributed by atoms with Crippen LogP contribution in [0.5, 0.6) is 0 Å². The second-order valence-electron chi connectivity index (χ2n) is 21.1. The Labute approximate surface area is 471 Å². The maximum Gasteiger partial charge on any atom is 0.220 e. The number of ether oxygens (including phenoxy) is 4. The van der Waals surface area contributed by atoms with Gasteiger partial charge in [-0.05, 0) is 89.9 Å². The Morgan fingerprint density at radius 1 is 0.474 bits per heavy atom. The first-order valence-electron chi connectivity index (χ1n) is 30.5. The van der Waals surface area contributed by atoms with E-state index in [2.05, 4.69) is 104 Å². The van der Waals surface area contributed by atoms with Gasteiger partial charge in [-0.3, -0.25) is 4.79 Å². The number of hydrogen-bond donors (Lipinski definition) is 9. The van der Waals surface area contributed by atoms with Gasteiger partial charge >= 0.3 is 0 Å². The molecule has 14 heteroatoms. The molecule has 2 aliphatic rings. The van der Waals surface area contributed by atoms with Crippen LogP contribution >= 0.6 is 0 Å². The topological polar surface area (TPSA) is 228 Å². The first-order chi connectivity index (χ1) is 38.1. The van der Waals surface area contributed by atoms with Crippen molar-refractivity contribution in [2.45, 2.75) is 280 Å². The zero-order chi connectivity index (χ0) is 56.7. The van der Waals surface area contributed by atoms with Crippen molar-refractivity contribution in [3.05, 3.63) is 97.2 Å². The Morgan fingerprint density at radius 2 is 0.897 bits per heavy atom. The number of carbonyl (C=O) groups is 1. The molecule has 448 valence electrons. The van der Waals surface area contributed by atoms with Gasteiger partial charge in [0.15, 0.2) is 12.6 Å². The molecule has 2 fully saturated rings. The summed E-state index contributed by atoms with van der Waals surface area (Å²) in [6.45, 7) is 2.63. The first kappa shape index (κ1) is 71.0. The first-order valence-corrected chi connectivity index (χ1v) is 30.5. The van der Waals surface area contributed by atoms with Crippen molar-refractivity contribution in [3.8, 4) is 0 Å². The van der Waals surface area contributed by atoms with E-state index in [9.17, 15) is 45.6 Å². The lowest BCUT2D eigenvalue weighted by atomic mass is 9.97. The van der Waals surface area contributed by atoms with Crippen molar-refractivity contribution < 1.29 is 64.6 Å². The molecule has 0 aromatic carbocycles. The highest BCUT2D eigenvalue weighted by molar-refractivity contribution is 5.76. The van der Waals surface area contributed by atoms with Crippen molar-refractivity contribution in [3.63, 3.8) is 0 Å². The van der Waals surface area contributed by atoms with E-state index in [1.165, 1.54) is 96.3 Å². The van der Waals surface area contributed by atoms with Crippen LogP contribution in [-0.2, 0) is 23.7 Å². The van der Waals surface area contributed by atoms with Crippen molar-refractivity contribution >= 4 is 5.91 Å². The van der Waals surface area contributed by atoms with Crippen molar-refractivity contribution in [2.24, 2.45) is 0 Å². The second-order valence-corrected chi connectivity index (χ2v) is 21.1. The molecule has 2 aliphatic heterocycles. The number of rotatable bonds is 47. The van der Waals surface area contributed by atoms with E-state index >= 15 is 0 Å². The second kappa shape index (κ2) is 48.6. The summed E-state index contributed by atoms with van der Waals surface area (Å²) in [6.07, 6.45) is 50.2. The molecular weight excluding hydrogens is 991 g/mol. The van der Waals surface area contributed by atoms with Gasteiger partial charge < -0.3 is 65.1 Å². The Hall–Kier alpha value is -3.09. The van der Waals surface area contributed by atoms with Gasteiger partial charge in [0.1, 0.15) is 48.8 Å². The number of unbranched alkanes of at least 4 members (excludes halogenated alkanes) is 20. The van der Waals surface area contributed by atoms with Gasteiger partial charge in [-0.2, -0.15) is 0 Å². The van der Waals surface area contributed by atoms with E-state index in [1.54, 1.807) is 6.08 Å². The Balaban J connectivity index is 1.80. The Bertz CT molecular complexity index is 1680. The fourth-order valence-electron chi connectivity index (χ4n) is 9.35. The summed E-state index contributed by atoms with van der Waals surface area (Å²) in [7, 11) is 0. The molecule has 0 aromatic heterocycles. The zero-order valence-corrected chi connectivity index (χ0v) is 48.1. The van der Waals surface area contributed by atoms with E-state index < -0.39 is 86.8 Å². The van der Waals surface area contributed by atoms with Crippen LogP contribution < -0.4 is 5.32 Å². The summed E-state index contributed by atoms with van der Waals surface area (Å²) < 4.78 is 22.7. The monoisotopic (exact) mass is 1100 g/mol. The van der Waals surface area contributed by atoms with Gasteiger partial charge in [0, 0.05) is 6.42 Å². The lowest BCUT2D eigenvalue weighted by molar-refractivity contribution is -0.359. The summed E-state index contributed by atoms with van der Waals surface area (Å²) in [5.41, 5.74) is 0. The van der Waals surface area contributed by atoms with Crippen molar-refractivity contribution in [2.75, 3.05) is 19.8 Å². The highest BCUT2D eigenvalue weighted by atomic mass is 16.7. The van der Waals surface area contributed by atoms with E-state index in [0.717, 1.165) is 77.0 Å². The maximum atomic E-state index is 13.2. The predicted molar refractivity (Wildman–Crippen MR) is 313 cm³/mol. The third-order valence-electron chi connectivity index (χ3n) is 14.2. The fraction of sp³-hybridized carbons (Fsp3) is 0.734. The van der Waals surface area contributed by atoms with Crippen molar-refractivity contribution in [1.82, 2.24) is 5.32 Å². The van der Waals surface area contributed by atoms with Crippen LogP contribution in [0.25, 0.3) is 0 Å². The molecule has 0 aromatic rings. The highest BCUT2D eigenvalue weighted by Gasteiger charge is 2.51. The molecule has 78 heavy (non-hydrogen) atoms. The zero-order valence-electron chi connectivity index (χ0n) is 48.1. The number of aliphatic hydroxyl groups is 8. The van der Waals surface area contributed by atoms with Crippen molar-refractivity contribution in [1.29, 1.82) is 0 Å². The largest absolute Gasteiger partial charge is 0.394 e. The molecule has 9 N–H and O–H groups in total. The third-order valence-corrected chi connectivity index (χ3v) is 14.2. The number of allylic oxidation sites excluding steroid dienone is 15. The van der Waals surface area contributed by atoms with Crippen LogP contribution in [0, 0.1) is 0 Å². The minimum absolute atomic E-state index is 0.225.